The minimum Gasteiger partial charge on any atom is -0.297 e. The number of hydrogen-bond donors (Lipinski definition) is 0. The van der Waals surface area contributed by atoms with Gasteiger partial charge >= 0.3 is 0 Å². The average molecular weight is 237 g/mol. The van der Waals surface area contributed by atoms with Gasteiger partial charge in [-0.1, -0.05) is 52.5 Å². The maximum absolute atomic E-state index is 4.55. The first-order chi connectivity index (χ1) is 7.94. The van der Waals surface area contributed by atoms with Crippen LogP contribution in [-0.2, 0) is 0 Å². The van der Waals surface area contributed by atoms with Crippen molar-refractivity contribution in [2.24, 2.45) is 16.3 Å². The van der Waals surface area contributed by atoms with E-state index in [1.807, 2.05) is 7.05 Å². The van der Waals surface area contributed by atoms with E-state index in [1.54, 1.807) is 0 Å². The van der Waals surface area contributed by atoms with Crippen molar-refractivity contribution < 1.29 is 0 Å². The molecule has 1 atom stereocenters. The van der Waals surface area contributed by atoms with E-state index < -0.39 is 0 Å². The van der Waals surface area contributed by atoms with E-state index in [0.717, 1.165) is 12.8 Å². The molecule has 0 spiro atoms. The maximum atomic E-state index is 4.55. The van der Waals surface area contributed by atoms with Gasteiger partial charge in [0.05, 0.1) is 0 Å². The van der Waals surface area contributed by atoms with Crippen LogP contribution in [0.4, 0.5) is 0 Å². The zero-order chi connectivity index (χ0) is 13.5. The Labute approximate surface area is 108 Å². The van der Waals surface area contributed by atoms with Crippen LogP contribution in [0.25, 0.3) is 0 Å². The molecule has 0 aromatic heterocycles. The van der Waals surface area contributed by atoms with Gasteiger partial charge in [0, 0.05) is 12.8 Å². The molecule has 1 heteroatoms. The van der Waals surface area contributed by atoms with Crippen LogP contribution >= 0.6 is 0 Å². The van der Waals surface area contributed by atoms with Crippen molar-refractivity contribution >= 4 is 5.71 Å². The van der Waals surface area contributed by atoms with Gasteiger partial charge in [0.25, 0.3) is 0 Å². The molecule has 0 aromatic rings. The Hall–Kier alpha value is -0.590. The molecule has 0 aliphatic carbocycles. The summed E-state index contributed by atoms with van der Waals surface area (Å²) in [4.78, 5) is 4.55. The van der Waals surface area contributed by atoms with Gasteiger partial charge in [0.2, 0.25) is 0 Å². The first-order valence-electron chi connectivity index (χ1n) is 7.04. The maximum Gasteiger partial charge on any atom is 0.0276 e. The lowest BCUT2D eigenvalue weighted by molar-refractivity contribution is 0.259. The Bertz CT molecular complexity index is 250. The third-order valence-corrected chi connectivity index (χ3v) is 4.32. The van der Waals surface area contributed by atoms with Crippen LogP contribution in [0, 0.1) is 11.3 Å². The van der Waals surface area contributed by atoms with Crippen LogP contribution < -0.4 is 0 Å². The molecule has 1 nitrogen and oxygen atoms in total. The average Bonchev–Trinajstić information content (AvgIpc) is 2.31. The molecule has 100 valence electrons. The van der Waals surface area contributed by atoms with Gasteiger partial charge in [-0.05, 0) is 31.1 Å². The molecular formula is C16H31N. The second-order valence-corrected chi connectivity index (χ2v) is 5.51. The van der Waals surface area contributed by atoms with Crippen LogP contribution in [0.1, 0.15) is 66.7 Å². The Balaban J connectivity index is 4.74. The molecule has 0 fully saturated rings. The van der Waals surface area contributed by atoms with Crippen molar-refractivity contribution in [1.29, 1.82) is 0 Å². The van der Waals surface area contributed by atoms with Gasteiger partial charge < -0.3 is 0 Å². The highest BCUT2D eigenvalue weighted by Gasteiger charge is 2.27. The highest BCUT2D eigenvalue weighted by atomic mass is 14.7. The lowest BCUT2D eigenvalue weighted by Crippen LogP contribution is -2.25. The summed E-state index contributed by atoms with van der Waals surface area (Å²) in [5, 5.41) is 0. The lowest BCUT2D eigenvalue weighted by Gasteiger charge is -2.32. The normalized spacial score (nSPS) is 14.8. The molecule has 0 amide bonds. The van der Waals surface area contributed by atoms with Gasteiger partial charge in [-0.3, -0.25) is 4.99 Å². The van der Waals surface area contributed by atoms with E-state index in [1.165, 1.54) is 30.5 Å². The molecule has 17 heavy (non-hydrogen) atoms. The molecule has 0 saturated carbocycles. The first kappa shape index (κ1) is 16.4. The molecule has 0 saturated heterocycles. The third kappa shape index (κ3) is 5.06. The number of nitrogens with zero attached hydrogens (tertiary/aromatic N) is 1. The van der Waals surface area contributed by atoms with Crippen LogP contribution in [-0.4, -0.2) is 12.8 Å². The van der Waals surface area contributed by atoms with Crippen LogP contribution in [0.3, 0.4) is 0 Å². The summed E-state index contributed by atoms with van der Waals surface area (Å²) in [6, 6.07) is 0. The van der Waals surface area contributed by atoms with Crippen molar-refractivity contribution in [3.8, 4) is 0 Å². The third-order valence-electron chi connectivity index (χ3n) is 4.32. The van der Waals surface area contributed by atoms with Crippen molar-refractivity contribution in [1.82, 2.24) is 0 Å². The van der Waals surface area contributed by atoms with Gasteiger partial charge in [-0.25, -0.2) is 0 Å². The Morgan fingerprint density at radius 2 is 1.65 bits per heavy atom. The van der Waals surface area contributed by atoms with Crippen LogP contribution in [0.15, 0.2) is 17.1 Å². The first-order valence-corrected chi connectivity index (χ1v) is 7.04. The van der Waals surface area contributed by atoms with E-state index in [-0.39, 0.29) is 0 Å². The molecule has 1 unspecified atom stereocenters. The highest BCUT2D eigenvalue weighted by Crippen LogP contribution is 2.36. The predicted octanol–water partition coefficient (Wildman–Crippen LogP) is 5.27. The molecular weight excluding hydrogens is 206 g/mol. The van der Waals surface area contributed by atoms with E-state index in [0.29, 0.717) is 11.3 Å². The topological polar surface area (TPSA) is 12.4 Å². The molecule has 0 bridgehead atoms. The second-order valence-electron chi connectivity index (χ2n) is 5.51. The smallest absolute Gasteiger partial charge is 0.0276 e. The Morgan fingerprint density at radius 1 is 1.18 bits per heavy atom. The molecule has 0 rings (SSSR count). The van der Waals surface area contributed by atoms with Gasteiger partial charge in [-0.2, -0.15) is 0 Å². The zero-order valence-corrected chi connectivity index (χ0v) is 12.8. The van der Waals surface area contributed by atoms with E-state index in [9.17, 15) is 0 Å². The fourth-order valence-electron chi connectivity index (χ4n) is 2.62. The summed E-state index contributed by atoms with van der Waals surface area (Å²) in [6.45, 7) is 15.3. The molecule has 0 N–H and O–H groups in total. The Morgan fingerprint density at radius 3 is 1.94 bits per heavy atom. The number of aliphatic imine (C=N–C) groups is 1. The van der Waals surface area contributed by atoms with Crippen LogP contribution in [0.5, 0.6) is 0 Å². The summed E-state index contributed by atoms with van der Waals surface area (Å²) < 4.78 is 0. The van der Waals surface area contributed by atoms with Gasteiger partial charge in [-0.15, -0.1) is 6.58 Å². The van der Waals surface area contributed by atoms with Crippen molar-refractivity contribution in [2.75, 3.05) is 7.05 Å². The van der Waals surface area contributed by atoms with Crippen molar-refractivity contribution in [3.63, 3.8) is 0 Å². The fourth-order valence-corrected chi connectivity index (χ4v) is 2.62. The second kappa shape index (κ2) is 7.68. The SMILES string of the molecule is C=C(C)CC(C)/C(CC(CC)(CC)CC)=N/C. The van der Waals surface area contributed by atoms with E-state index in [4.69, 9.17) is 0 Å². The number of allylic oxidation sites excluding steroid dienone is 1. The molecule has 0 heterocycles. The highest BCUT2D eigenvalue weighted by molar-refractivity contribution is 5.87. The monoisotopic (exact) mass is 237 g/mol. The number of hydrogen-bond acceptors (Lipinski definition) is 1. The quantitative estimate of drug-likeness (QED) is 0.403. The lowest BCUT2D eigenvalue weighted by atomic mass is 9.73. The molecule has 0 aliphatic heterocycles. The summed E-state index contributed by atoms with van der Waals surface area (Å²) in [6.07, 6.45) is 5.97. The fraction of sp³-hybridized carbons (Fsp3) is 0.812. The molecule has 0 aromatic carbocycles. The zero-order valence-electron chi connectivity index (χ0n) is 12.8. The summed E-state index contributed by atoms with van der Waals surface area (Å²) in [5.74, 6) is 0.543. The van der Waals surface area contributed by atoms with Gasteiger partial charge in [0.15, 0.2) is 0 Å². The van der Waals surface area contributed by atoms with E-state index in [2.05, 4.69) is 46.2 Å². The van der Waals surface area contributed by atoms with Crippen molar-refractivity contribution in [2.45, 2.75) is 66.7 Å². The number of rotatable bonds is 8. The van der Waals surface area contributed by atoms with Crippen molar-refractivity contribution in [3.05, 3.63) is 12.2 Å². The summed E-state index contributed by atoms with van der Waals surface area (Å²) in [5.41, 5.74) is 3.09. The Kier molecular flexibility index (Phi) is 7.41. The largest absolute Gasteiger partial charge is 0.297 e. The minimum absolute atomic E-state index is 0.457. The van der Waals surface area contributed by atoms with Crippen LogP contribution in [0.2, 0.25) is 0 Å². The molecule has 0 aliphatic rings. The standard InChI is InChI=1S/C16H31N/c1-8-16(9-2,10-3)12-15(17-7)14(6)11-13(4)5/h14H,4,8-12H2,1-3,5-7H3/b17-15+. The predicted molar refractivity (Wildman–Crippen MR) is 79.9 cm³/mol. The van der Waals surface area contributed by atoms with E-state index >= 15 is 0 Å². The summed E-state index contributed by atoms with van der Waals surface area (Å²) >= 11 is 0. The minimum atomic E-state index is 0.457. The molecule has 0 radical (unpaired) electrons. The summed E-state index contributed by atoms with van der Waals surface area (Å²) in [7, 11) is 1.94. The van der Waals surface area contributed by atoms with Gasteiger partial charge in [0.1, 0.15) is 0 Å².